The predicted molar refractivity (Wildman–Crippen MR) is 93.1 cm³/mol. The summed E-state index contributed by atoms with van der Waals surface area (Å²) >= 11 is 0. The molecule has 6 nitrogen and oxygen atoms in total. The largest absolute Gasteiger partial charge is 0.433 e. The fourth-order valence-electron chi connectivity index (χ4n) is 3.08. The molecule has 0 radical (unpaired) electrons. The smallest absolute Gasteiger partial charge is 0.394 e. The van der Waals surface area contributed by atoms with Crippen LogP contribution in [0.1, 0.15) is 18.2 Å². The summed E-state index contributed by atoms with van der Waals surface area (Å²) in [5.74, 6) is 0.270. The van der Waals surface area contributed by atoms with Crippen molar-refractivity contribution in [3.05, 3.63) is 23.4 Å². The second-order valence-electron chi connectivity index (χ2n) is 7.03. The van der Waals surface area contributed by atoms with Crippen molar-refractivity contribution in [2.75, 3.05) is 52.4 Å². The number of hydrogen-bond acceptors (Lipinski definition) is 6. The molecule has 0 aromatic carbocycles. The van der Waals surface area contributed by atoms with Gasteiger partial charge in [-0.2, -0.15) is 13.2 Å². The Balaban J connectivity index is 2.11. The van der Waals surface area contributed by atoms with Crippen molar-refractivity contribution in [2.45, 2.75) is 31.2 Å². The average Bonchev–Trinajstić information content (AvgIpc) is 2.58. The Morgan fingerprint density at radius 1 is 1.42 bits per heavy atom. The number of halogens is 3. The molecule has 2 rings (SSSR count). The number of aliphatic hydroxyl groups excluding tert-OH is 1. The maximum Gasteiger partial charge on any atom is 0.433 e. The Morgan fingerprint density at radius 2 is 2.12 bits per heavy atom. The first-order valence-corrected chi connectivity index (χ1v) is 8.47. The summed E-state index contributed by atoms with van der Waals surface area (Å²) in [7, 11) is 5.26. The van der Waals surface area contributed by atoms with Gasteiger partial charge >= 0.3 is 6.18 Å². The molecule has 2 atom stereocenters. The molecule has 1 aromatic rings. The summed E-state index contributed by atoms with van der Waals surface area (Å²) in [6.45, 7) is 3.72. The molecule has 0 aliphatic carbocycles. The third-order valence-electron chi connectivity index (χ3n) is 4.87. The fourth-order valence-corrected chi connectivity index (χ4v) is 3.08. The number of alkyl halides is 3. The van der Waals surface area contributed by atoms with E-state index in [0.29, 0.717) is 31.9 Å². The topological polar surface area (TPSA) is 60.9 Å². The van der Waals surface area contributed by atoms with E-state index in [-0.39, 0.29) is 18.5 Å². The molecule has 9 heteroatoms. The second kappa shape index (κ2) is 8.08. The van der Waals surface area contributed by atoms with Gasteiger partial charge in [0, 0.05) is 38.8 Å². The van der Waals surface area contributed by atoms with Crippen LogP contribution < -0.4 is 10.2 Å². The first-order chi connectivity index (χ1) is 12.1. The van der Waals surface area contributed by atoms with Gasteiger partial charge in [0.2, 0.25) is 0 Å². The Kier molecular flexibility index (Phi) is 6.49. The number of morpholine rings is 1. The lowest BCUT2D eigenvalue weighted by Crippen LogP contribution is -2.65. The van der Waals surface area contributed by atoms with Crippen molar-refractivity contribution in [1.29, 1.82) is 0 Å². The third kappa shape index (κ3) is 4.46. The molecule has 26 heavy (non-hydrogen) atoms. The van der Waals surface area contributed by atoms with Crippen molar-refractivity contribution in [3.8, 4) is 0 Å². The molecule has 0 spiro atoms. The van der Waals surface area contributed by atoms with Gasteiger partial charge < -0.3 is 20.1 Å². The average molecular weight is 376 g/mol. The molecule has 1 aromatic heterocycles. The van der Waals surface area contributed by atoms with Crippen LogP contribution in [0.4, 0.5) is 19.0 Å². The molecule has 1 aliphatic rings. The van der Waals surface area contributed by atoms with E-state index < -0.39 is 17.4 Å². The van der Waals surface area contributed by atoms with Crippen LogP contribution in [0.2, 0.25) is 0 Å². The van der Waals surface area contributed by atoms with Gasteiger partial charge in [-0.05, 0) is 20.0 Å². The monoisotopic (exact) mass is 376 g/mol. The number of nitrogens with one attached hydrogen (secondary N) is 1. The van der Waals surface area contributed by atoms with Gasteiger partial charge in [0.25, 0.3) is 0 Å². The summed E-state index contributed by atoms with van der Waals surface area (Å²) in [5, 5.41) is 13.1. The molecule has 2 N–H and O–H groups in total. The lowest BCUT2D eigenvalue weighted by atomic mass is 9.96. The Bertz CT molecular complexity index is 612. The van der Waals surface area contributed by atoms with E-state index in [0.717, 1.165) is 6.07 Å². The summed E-state index contributed by atoms with van der Waals surface area (Å²) in [6, 6.07) is 2.60. The SMILES string of the molecule is C[C@@H]1COC[C@@](CO)(CNCc2ccc(C(F)(F)F)nc2N(C)C)N1C. The molecule has 0 saturated carbocycles. The van der Waals surface area contributed by atoms with E-state index in [2.05, 4.69) is 15.2 Å². The number of rotatable bonds is 6. The lowest BCUT2D eigenvalue weighted by molar-refractivity contribution is -0.141. The standard InChI is InChI=1S/C17H27F3N4O2/c1-12-8-26-11-16(10-25,24(12)4)9-21-7-13-5-6-14(17(18,19)20)22-15(13)23(2)3/h5-6,12,21,25H,7-11H2,1-4H3/t12-,16+/m1/s1. The molecule has 1 fully saturated rings. The van der Waals surface area contributed by atoms with Crippen molar-refractivity contribution in [2.24, 2.45) is 0 Å². The van der Waals surface area contributed by atoms with Crippen LogP contribution in [0, 0.1) is 0 Å². The highest BCUT2D eigenvalue weighted by Crippen LogP contribution is 2.30. The van der Waals surface area contributed by atoms with Crippen molar-refractivity contribution >= 4 is 5.82 Å². The maximum atomic E-state index is 12.9. The highest BCUT2D eigenvalue weighted by atomic mass is 19.4. The van der Waals surface area contributed by atoms with Gasteiger partial charge in [0.15, 0.2) is 0 Å². The van der Waals surface area contributed by atoms with E-state index in [1.165, 1.54) is 6.07 Å². The summed E-state index contributed by atoms with van der Waals surface area (Å²) in [5.41, 5.74) is -0.815. The van der Waals surface area contributed by atoms with E-state index in [1.807, 2.05) is 14.0 Å². The number of aliphatic hydroxyl groups is 1. The number of ether oxygens (including phenoxy) is 1. The molecular formula is C17H27F3N4O2. The number of anilines is 1. The van der Waals surface area contributed by atoms with Crippen LogP contribution in [0.3, 0.4) is 0 Å². The Labute approximate surface area is 151 Å². The number of hydrogen-bond donors (Lipinski definition) is 2. The van der Waals surface area contributed by atoms with E-state index in [9.17, 15) is 18.3 Å². The summed E-state index contributed by atoms with van der Waals surface area (Å²) in [6.07, 6.45) is -4.48. The summed E-state index contributed by atoms with van der Waals surface area (Å²) < 4.78 is 44.3. The van der Waals surface area contributed by atoms with Crippen LogP contribution >= 0.6 is 0 Å². The van der Waals surface area contributed by atoms with Gasteiger partial charge in [0.1, 0.15) is 11.5 Å². The molecular weight excluding hydrogens is 349 g/mol. The first-order valence-electron chi connectivity index (χ1n) is 8.47. The van der Waals surface area contributed by atoms with E-state index >= 15 is 0 Å². The normalized spacial score (nSPS) is 24.7. The Morgan fingerprint density at radius 3 is 2.69 bits per heavy atom. The summed E-state index contributed by atoms with van der Waals surface area (Å²) in [4.78, 5) is 7.40. The highest BCUT2D eigenvalue weighted by Gasteiger charge is 2.40. The van der Waals surface area contributed by atoms with Gasteiger partial charge in [-0.1, -0.05) is 6.07 Å². The van der Waals surface area contributed by atoms with Crippen molar-refractivity contribution in [1.82, 2.24) is 15.2 Å². The minimum atomic E-state index is -4.48. The molecule has 0 amide bonds. The lowest BCUT2D eigenvalue weighted by Gasteiger charge is -2.47. The zero-order valence-corrected chi connectivity index (χ0v) is 15.6. The minimum Gasteiger partial charge on any atom is -0.394 e. The van der Waals surface area contributed by atoms with Crippen LogP contribution in [-0.2, 0) is 17.5 Å². The number of pyridine rings is 1. The molecule has 1 saturated heterocycles. The van der Waals surface area contributed by atoms with Crippen LogP contribution in [-0.4, -0.2) is 74.1 Å². The molecule has 0 unspecified atom stereocenters. The van der Waals surface area contributed by atoms with Gasteiger partial charge in [-0.25, -0.2) is 4.98 Å². The fraction of sp³-hybridized carbons (Fsp3) is 0.706. The first kappa shape index (κ1) is 20.9. The maximum absolute atomic E-state index is 12.9. The van der Waals surface area contributed by atoms with Crippen LogP contribution in [0.5, 0.6) is 0 Å². The van der Waals surface area contributed by atoms with Gasteiger partial charge in [-0.15, -0.1) is 0 Å². The third-order valence-corrected chi connectivity index (χ3v) is 4.87. The predicted octanol–water partition coefficient (Wildman–Crippen LogP) is 1.34. The quantitative estimate of drug-likeness (QED) is 0.781. The number of likely N-dealkylation sites (N-methyl/N-ethyl adjacent to an activating group) is 1. The van der Waals surface area contributed by atoms with Crippen LogP contribution in [0.25, 0.3) is 0 Å². The number of nitrogens with zero attached hydrogens (tertiary/aromatic N) is 3. The molecule has 148 valence electrons. The Hall–Kier alpha value is -1.42. The van der Waals surface area contributed by atoms with E-state index in [1.54, 1.807) is 19.0 Å². The highest BCUT2D eigenvalue weighted by molar-refractivity contribution is 5.46. The van der Waals surface area contributed by atoms with E-state index in [4.69, 9.17) is 4.74 Å². The van der Waals surface area contributed by atoms with Gasteiger partial charge in [0.05, 0.1) is 25.4 Å². The van der Waals surface area contributed by atoms with Crippen molar-refractivity contribution in [3.63, 3.8) is 0 Å². The van der Waals surface area contributed by atoms with Crippen LogP contribution in [0.15, 0.2) is 12.1 Å². The number of aromatic nitrogens is 1. The molecule has 1 aliphatic heterocycles. The molecule has 0 bridgehead atoms. The molecule has 2 heterocycles. The second-order valence-corrected chi connectivity index (χ2v) is 7.03. The zero-order valence-electron chi connectivity index (χ0n) is 15.6. The minimum absolute atomic E-state index is 0.0767. The zero-order chi connectivity index (χ0) is 19.5. The van der Waals surface area contributed by atoms with Crippen molar-refractivity contribution < 1.29 is 23.0 Å². The van der Waals surface area contributed by atoms with Gasteiger partial charge in [-0.3, -0.25) is 4.90 Å².